The second-order valence-electron chi connectivity index (χ2n) is 3.61. The molecule has 12 heavy (non-hydrogen) atoms. The Balaban J connectivity index is 2.24. The van der Waals surface area contributed by atoms with Gasteiger partial charge in [-0.2, -0.15) is 0 Å². The van der Waals surface area contributed by atoms with E-state index in [0.29, 0.717) is 5.92 Å². The van der Waals surface area contributed by atoms with Gasteiger partial charge in [0.25, 0.3) is 0 Å². The number of nitrogens with zero attached hydrogens (tertiary/aromatic N) is 1. The van der Waals surface area contributed by atoms with Gasteiger partial charge in [0.05, 0.1) is 5.92 Å². The summed E-state index contributed by atoms with van der Waals surface area (Å²) in [5.41, 5.74) is 0. The molecule has 0 amide bonds. The maximum atomic E-state index is 10.5. The third-order valence-corrected chi connectivity index (χ3v) is 2.42. The Hall–Kier alpha value is -0.570. The molecule has 3 heteroatoms. The van der Waals surface area contributed by atoms with E-state index in [9.17, 15) is 4.79 Å². The highest BCUT2D eigenvalue weighted by molar-refractivity contribution is 5.69. The molecule has 1 aliphatic heterocycles. The van der Waals surface area contributed by atoms with Crippen LogP contribution < -0.4 is 5.32 Å². The molecule has 1 aliphatic rings. The van der Waals surface area contributed by atoms with Crippen LogP contribution >= 0.6 is 0 Å². The number of piperidine rings is 1. The lowest BCUT2D eigenvalue weighted by Gasteiger charge is -2.22. The normalized spacial score (nSPS) is 26.6. The molecular formula is C9H16NO2. The zero-order valence-corrected chi connectivity index (χ0v) is 7.49. The van der Waals surface area contributed by atoms with Gasteiger partial charge in [0.1, 0.15) is 0 Å². The zero-order chi connectivity index (χ0) is 8.97. The fourth-order valence-corrected chi connectivity index (χ4v) is 1.65. The number of rotatable bonds is 3. The summed E-state index contributed by atoms with van der Waals surface area (Å²) >= 11 is 0. The van der Waals surface area contributed by atoms with E-state index in [1.54, 1.807) is 6.92 Å². The summed E-state index contributed by atoms with van der Waals surface area (Å²) in [7, 11) is 0. The molecule has 0 saturated carbocycles. The number of hydrogen-bond acceptors (Lipinski definition) is 1. The van der Waals surface area contributed by atoms with E-state index in [4.69, 9.17) is 5.11 Å². The molecule has 1 fully saturated rings. The Morgan fingerprint density at radius 2 is 2.50 bits per heavy atom. The lowest BCUT2D eigenvalue weighted by molar-refractivity contribution is -0.141. The monoisotopic (exact) mass is 170 g/mol. The van der Waals surface area contributed by atoms with E-state index in [0.717, 1.165) is 32.4 Å². The van der Waals surface area contributed by atoms with Gasteiger partial charge < -0.3 is 5.11 Å². The van der Waals surface area contributed by atoms with Gasteiger partial charge in [-0.05, 0) is 25.2 Å². The Kier molecular flexibility index (Phi) is 3.53. The van der Waals surface area contributed by atoms with Gasteiger partial charge in [-0.15, -0.1) is 0 Å². The van der Waals surface area contributed by atoms with Crippen LogP contribution in [0.5, 0.6) is 0 Å². The standard InChI is InChI=1S/C9H16NO2/c1-7(9(11)12)5-8-3-2-4-10-6-8/h7-8H,2-6H2,1H3,(H,11,12). The van der Waals surface area contributed by atoms with Crippen molar-refractivity contribution in [2.24, 2.45) is 11.8 Å². The number of carbonyl (C=O) groups is 1. The van der Waals surface area contributed by atoms with Gasteiger partial charge in [0, 0.05) is 13.1 Å². The zero-order valence-electron chi connectivity index (χ0n) is 7.49. The predicted octanol–water partition coefficient (Wildman–Crippen LogP) is 1.11. The van der Waals surface area contributed by atoms with E-state index in [-0.39, 0.29) is 5.92 Å². The highest BCUT2D eigenvalue weighted by atomic mass is 16.4. The molecule has 2 atom stereocenters. The van der Waals surface area contributed by atoms with Crippen LogP contribution in [0.1, 0.15) is 26.2 Å². The molecule has 3 nitrogen and oxygen atoms in total. The molecule has 1 rings (SSSR count). The quantitative estimate of drug-likeness (QED) is 0.689. The molecule has 0 aromatic heterocycles. The molecule has 69 valence electrons. The van der Waals surface area contributed by atoms with Crippen molar-refractivity contribution in [2.45, 2.75) is 26.2 Å². The Bertz CT molecular complexity index is 153. The van der Waals surface area contributed by atoms with Crippen LogP contribution in [0.25, 0.3) is 0 Å². The van der Waals surface area contributed by atoms with Crippen LogP contribution in [0, 0.1) is 11.8 Å². The van der Waals surface area contributed by atoms with Crippen molar-refractivity contribution in [3.63, 3.8) is 0 Å². The van der Waals surface area contributed by atoms with Crippen molar-refractivity contribution in [1.82, 2.24) is 5.32 Å². The molecular weight excluding hydrogens is 154 g/mol. The van der Waals surface area contributed by atoms with Crippen LogP contribution in [0.15, 0.2) is 0 Å². The minimum atomic E-state index is -0.680. The van der Waals surface area contributed by atoms with Crippen molar-refractivity contribution < 1.29 is 9.90 Å². The predicted molar refractivity (Wildman–Crippen MR) is 46.0 cm³/mol. The number of hydrogen-bond donors (Lipinski definition) is 1. The van der Waals surface area contributed by atoms with Crippen molar-refractivity contribution >= 4 is 5.97 Å². The van der Waals surface area contributed by atoms with Gasteiger partial charge in [-0.3, -0.25) is 4.79 Å². The second kappa shape index (κ2) is 4.45. The fraction of sp³-hybridized carbons (Fsp3) is 0.889. The van der Waals surface area contributed by atoms with Crippen molar-refractivity contribution in [1.29, 1.82) is 0 Å². The molecule has 0 aliphatic carbocycles. The number of aliphatic carboxylic acids is 1. The fourth-order valence-electron chi connectivity index (χ4n) is 1.65. The Morgan fingerprint density at radius 3 is 3.00 bits per heavy atom. The van der Waals surface area contributed by atoms with Crippen LogP contribution in [0.3, 0.4) is 0 Å². The minimum absolute atomic E-state index is 0.205. The summed E-state index contributed by atoms with van der Waals surface area (Å²) in [5, 5.41) is 13.0. The van der Waals surface area contributed by atoms with E-state index in [1.807, 2.05) is 0 Å². The molecule has 0 bridgehead atoms. The Labute approximate surface area is 73.2 Å². The Morgan fingerprint density at radius 1 is 1.75 bits per heavy atom. The molecule has 0 aromatic carbocycles. The first-order chi connectivity index (χ1) is 5.70. The summed E-state index contributed by atoms with van der Waals surface area (Å²) in [6.45, 7) is 3.62. The lowest BCUT2D eigenvalue weighted by atomic mass is 9.90. The van der Waals surface area contributed by atoms with E-state index in [1.165, 1.54) is 0 Å². The first-order valence-electron chi connectivity index (χ1n) is 4.56. The van der Waals surface area contributed by atoms with Crippen molar-refractivity contribution in [2.75, 3.05) is 13.1 Å². The van der Waals surface area contributed by atoms with Crippen LogP contribution in [-0.2, 0) is 4.79 Å². The van der Waals surface area contributed by atoms with E-state index < -0.39 is 5.97 Å². The summed E-state index contributed by atoms with van der Waals surface area (Å²) < 4.78 is 0. The molecule has 0 spiro atoms. The van der Waals surface area contributed by atoms with E-state index in [2.05, 4.69) is 5.32 Å². The maximum absolute atomic E-state index is 10.5. The summed E-state index contributed by atoms with van der Waals surface area (Å²) in [6, 6.07) is 0. The maximum Gasteiger partial charge on any atom is 0.306 e. The van der Waals surface area contributed by atoms with Crippen LogP contribution in [0.4, 0.5) is 0 Å². The van der Waals surface area contributed by atoms with Gasteiger partial charge in [0.2, 0.25) is 0 Å². The van der Waals surface area contributed by atoms with Gasteiger partial charge in [-0.1, -0.05) is 6.92 Å². The first kappa shape index (κ1) is 9.52. The smallest absolute Gasteiger partial charge is 0.306 e. The molecule has 1 N–H and O–H groups in total. The third kappa shape index (κ3) is 2.81. The highest BCUT2D eigenvalue weighted by Gasteiger charge is 2.20. The van der Waals surface area contributed by atoms with Gasteiger partial charge in [0.15, 0.2) is 0 Å². The largest absolute Gasteiger partial charge is 0.481 e. The number of carboxylic acid groups (broad SMARTS) is 1. The summed E-state index contributed by atoms with van der Waals surface area (Å²) in [4.78, 5) is 10.5. The van der Waals surface area contributed by atoms with Crippen LogP contribution in [-0.4, -0.2) is 24.2 Å². The highest BCUT2D eigenvalue weighted by Crippen LogP contribution is 2.19. The molecule has 1 radical (unpaired) electrons. The van der Waals surface area contributed by atoms with Crippen molar-refractivity contribution in [3.05, 3.63) is 0 Å². The SMILES string of the molecule is CC(CC1CCC[N]C1)C(=O)O. The average Bonchev–Trinajstić information content (AvgIpc) is 2.06. The molecule has 2 unspecified atom stereocenters. The summed E-state index contributed by atoms with van der Waals surface area (Å²) in [5.74, 6) is -0.367. The van der Waals surface area contributed by atoms with Gasteiger partial charge >= 0.3 is 5.97 Å². The number of carboxylic acids is 1. The average molecular weight is 170 g/mol. The summed E-state index contributed by atoms with van der Waals surface area (Å²) in [6.07, 6.45) is 3.08. The minimum Gasteiger partial charge on any atom is -0.481 e. The lowest BCUT2D eigenvalue weighted by Crippen LogP contribution is -2.27. The topological polar surface area (TPSA) is 51.4 Å². The molecule has 0 aromatic rings. The molecule has 1 saturated heterocycles. The first-order valence-corrected chi connectivity index (χ1v) is 4.56. The van der Waals surface area contributed by atoms with Crippen LogP contribution in [0.2, 0.25) is 0 Å². The second-order valence-corrected chi connectivity index (χ2v) is 3.61. The van der Waals surface area contributed by atoms with Gasteiger partial charge in [-0.25, -0.2) is 5.32 Å². The van der Waals surface area contributed by atoms with Crippen molar-refractivity contribution in [3.8, 4) is 0 Å². The third-order valence-electron chi connectivity index (χ3n) is 2.42. The van der Waals surface area contributed by atoms with E-state index >= 15 is 0 Å². The molecule has 1 heterocycles.